The smallest absolute Gasteiger partial charge is 0.274 e. The fourth-order valence-electron chi connectivity index (χ4n) is 4.22. The van der Waals surface area contributed by atoms with Crippen LogP contribution in [0.5, 0.6) is 0 Å². The largest absolute Gasteiger partial charge is 0.339 e. The number of carbonyl (C=O) groups excluding carboxylic acids is 1. The maximum atomic E-state index is 12.9. The topological polar surface area (TPSA) is 89.8 Å². The summed E-state index contributed by atoms with van der Waals surface area (Å²) in [5.74, 6) is 0.838. The van der Waals surface area contributed by atoms with E-state index in [1.807, 2.05) is 4.90 Å². The van der Waals surface area contributed by atoms with Crippen LogP contribution < -0.4 is 5.56 Å². The quantitative estimate of drug-likeness (QED) is 0.764. The van der Waals surface area contributed by atoms with Gasteiger partial charge in [-0.2, -0.15) is 9.50 Å². The van der Waals surface area contributed by atoms with E-state index in [9.17, 15) is 9.59 Å². The first kappa shape index (κ1) is 18.1. The van der Waals surface area contributed by atoms with Gasteiger partial charge in [-0.1, -0.05) is 0 Å². The highest BCUT2D eigenvalue weighted by Crippen LogP contribution is 2.31. The summed E-state index contributed by atoms with van der Waals surface area (Å²) in [6.45, 7) is 6.24. The van der Waals surface area contributed by atoms with Crippen molar-refractivity contribution in [1.29, 1.82) is 0 Å². The number of hydrogen-bond acceptors (Lipinski definition) is 6. The van der Waals surface area contributed by atoms with Gasteiger partial charge in [-0.3, -0.25) is 19.6 Å². The third kappa shape index (κ3) is 3.37. The lowest BCUT2D eigenvalue weighted by atomic mass is 9.84. The van der Waals surface area contributed by atoms with Crippen molar-refractivity contribution in [3.63, 3.8) is 0 Å². The molecule has 4 heterocycles. The third-order valence-corrected chi connectivity index (χ3v) is 6.09. The second kappa shape index (κ2) is 6.72. The minimum atomic E-state index is -0.214. The molecule has 0 radical (unpaired) electrons. The SMILES string of the molecule is Cc1cc(=O)n2[nH]c(CC(=O)N3CCN(C)C4(CCN(C)CC4)C3)nc2n1. The Balaban J connectivity index is 1.50. The normalized spacial score (nSPS) is 21.2. The van der Waals surface area contributed by atoms with Gasteiger partial charge in [-0.15, -0.1) is 0 Å². The molecule has 146 valence electrons. The number of nitrogens with zero attached hydrogens (tertiary/aromatic N) is 6. The van der Waals surface area contributed by atoms with Gasteiger partial charge in [0.25, 0.3) is 11.3 Å². The maximum absolute atomic E-state index is 12.9. The van der Waals surface area contributed by atoms with Crippen molar-refractivity contribution in [2.75, 3.05) is 46.8 Å². The van der Waals surface area contributed by atoms with Crippen molar-refractivity contribution in [3.05, 3.63) is 27.9 Å². The first-order valence-electron chi connectivity index (χ1n) is 9.49. The van der Waals surface area contributed by atoms with Crippen LogP contribution in [0.4, 0.5) is 0 Å². The van der Waals surface area contributed by atoms with E-state index in [0.29, 0.717) is 17.3 Å². The molecule has 1 amide bonds. The van der Waals surface area contributed by atoms with Crippen LogP contribution in [-0.2, 0) is 11.2 Å². The Hall–Kier alpha value is -2.26. The molecule has 2 aromatic rings. The Kier molecular flexibility index (Phi) is 4.51. The standard InChI is InChI=1S/C18H27N7O2/c1-13-10-16(27)25-17(19-13)20-14(21-25)11-15(26)24-9-8-23(3)18(12-24)4-6-22(2)7-5-18/h10H,4-9,11-12H2,1-3H3,(H,19,20,21). The molecule has 2 aromatic heterocycles. The molecular weight excluding hydrogens is 346 g/mol. The van der Waals surface area contributed by atoms with E-state index in [0.717, 1.165) is 45.6 Å². The van der Waals surface area contributed by atoms with Gasteiger partial charge in [0, 0.05) is 36.9 Å². The predicted octanol–water partition coefficient (Wildman–Crippen LogP) is -0.493. The summed E-state index contributed by atoms with van der Waals surface area (Å²) < 4.78 is 1.29. The van der Waals surface area contributed by atoms with Crippen molar-refractivity contribution < 1.29 is 4.79 Å². The molecule has 1 N–H and O–H groups in total. The average Bonchev–Trinajstić information content (AvgIpc) is 3.02. The number of likely N-dealkylation sites (N-methyl/N-ethyl adjacent to an activating group) is 1. The summed E-state index contributed by atoms with van der Waals surface area (Å²) in [7, 11) is 4.32. The van der Waals surface area contributed by atoms with Crippen molar-refractivity contribution >= 4 is 11.7 Å². The average molecular weight is 373 g/mol. The lowest BCUT2D eigenvalue weighted by molar-refractivity contribution is -0.137. The minimum absolute atomic E-state index is 0.0465. The Morgan fingerprint density at radius 2 is 1.93 bits per heavy atom. The van der Waals surface area contributed by atoms with E-state index in [1.165, 1.54) is 10.6 Å². The van der Waals surface area contributed by atoms with Gasteiger partial charge in [0.15, 0.2) is 0 Å². The highest BCUT2D eigenvalue weighted by Gasteiger charge is 2.42. The summed E-state index contributed by atoms with van der Waals surface area (Å²) >= 11 is 0. The number of aromatic amines is 1. The van der Waals surface area contributed by atoms with Gasteiger partial charge in [0.05, 0.1) is 6.42 Å². The van der Waals surface area contributed by atoms with E-state index >= 15 is 0 Å². The molecule has 1 spiro atoms. The summed E-state index contributed by atoms with van der Waals surface area (Å²) in [6, 6.07) is 1.45. The fourth-order valence-corrected chi connectivity index (χ4v) is 4.22. The van der Waals surface area contributed by atoms with Gasteiger partial charge in [0.2, 0.25) is 5.91 Å². The molecular formula is C18H27N7O2. The highest BCUT2D eigenvalue weighted by atomic mass is 16.2. The molecule has 0 atom stereocenters. The number of carbonyl (C=O) groups is 1. The molecule has 4 rings (SSSR count). The van der Waals surface area contributed by atoms with E-state index < -0.39 is 0 Å². The van der Waals surface area contributed by atoms with Gasteiger partial charge in [-0.25, -0.2) is 4.98 Å². The molecule has 2 aliphatic heterocycles. The molecule has 9 heteroatoms. The molecule has 0 unspecified atom stereocenters. The number of piperazine rings is 1. The zero-order chi connectivity index (χ0) is 19.2. The molecule has 2 saturated heterocycles. The zero-order valence-corrected chi connectivity index (χ0v) is 16.2. The molecule has 0 bridgehead atoms. The van der Waals surface area contributed by atoms with Gasteiger partial charge in [0.1, 0.15) is 5.82 Å². The maximum Gasteiger partial charge on any atom is 0.274 e. The molecule has 27 heavy (non-hydrogen) atoms. The van der Waals surface area contributed by atoms with E-state index in [1.54, 1.807) is 6.92 Å². The molecule has 9 nitrogen and oxygen atoms in total. The Bertz CT molecular complexity index is 910. The lowest BCUT2D eigenvalue weighted by Gasteiger charge is -2.52. The van der Waals surface area contributed by atoms with E-state index in [2.05, 4.69) is 39.0 Å². The van der Waals surface area contributed by atoms with Crippen LogP contribution in [0, 0.1) is 6.92 Å². The zero-order valence-electron chi connectivity index (χ0n) is 16.2. The van der Waals surface area contributed by atoms with Crippen LogP contribution in [0.2, 0.25) is 0 Å². The summed E-state index contributed by atoms with van der Waals surface area (Å²) in [4.78, 5) is 40.2. The molecule has 0 aromatic carbocycles. The summed E-state index contributed by atoms with van der Waals surface area (Å²) in [5.41, 5.74) is 0.477. The second-order valence-electron chi connectivity index (χ2n) is 7.98. The second-order valence-corrected chi connectivity index (χ2v) is 7.98. The summed E-state index contributed by atoms with van der Waals surface area (Å²) in [5, 5.41) is 2.91. The van der Waals surface area contributed by atoms with Gasteiger partial charge >= 0.3 is 0 Å². The molecule has 2 aliphatic rings. The molecule has 0 aliphatic carbocycles. The number of aryl methyl sites for hydroxylation is 1. The first-order valence-corrected chi connectivity index (χ1v) is 9.49. The lowest BCUT2D eigenvalue weighted by Crippen LogP contribution is -2.65. The van der Waals surface area contributed by atoms with Crippen LogP contribution in [-0.4, -0.2) is 92.5 Å². The van der Waals surface area contributed by atoms with Crippen molar-refractivity contribution in [3.8, 4) is 0 Å². The fraction of sp³-hybridized carbons (Fsp3) is 0.667. The summed E-state index contributed by atoms with van der Waals surface area (Å²) in [6.07, 6.45) is 2.31. The monoisotopic (exact) mass is 373 g/mol. The van der Waals surface area contributed by atoms with Gasteiger partial charge < -0.3 is 9.80 Å². The van der Waals surface area contributed by atoms with Crippen molar-refractivity contribution in [2.24, 2.45) is 0 Å². The number of H-pyrrole nitrogens is 1. The number of nitrogens with one attached hydrogen (secondary N) is 1. The highest BCUT2D eigenvalue weighted by molar-refractivity contribution is 5.78. The molecule has 0 saturated carbocycles. The number of aromatic nitrogens is 4. The van der Waals surface area contributed by atoms with Crippen molar-refractivity contribution in [2.45, 2.75) is 31.7 Å². The number of hydrogen-bond donors (Lipinski definition) is 1. The van der Waals surface area contributed by atoms with Gasteiger partial charge in [-0.05, 0) is 47.0 Å². The van der Waals surface area contributed by atoms with E-state index in [-0.39, 0.29) is 23.4 Å². The van der Waals surface area contributed by atoms with Crippen LogP contribution in [0.1, 0.15) is 24.4 Å². The Morgan fingerprint density at radius 1 is 1.19 bits per heavy atom. The van der Waals surface area contributed by atoms with Crippen LogP contribution in [0.3, 0.4) is 0 Å². The Morgan fingerprint density at radius 3 is 2.67 bits per heavy atom. The number of rotatable bonds is 2. The first-order chi connectivity index (χ1) is 12.9. The van der Waals surface area contributed by atoms with Crippen LogP contribution in [0.25, 0.3) is 5.78 Å². The van der Waals surface area contributed by atoms with Crippen LogP contribution >= 0.6 is 0 Å². The number of fused-ring (bicyclic) bond motifs is 1. The number of likely N-dealkylation sites (tertiary alicyclic amines) is 1. The third-order valence-electron chi connectivity index (χ3n) is 6.09. The number of amides is 1. The Labute approximate surface area is 158 Å². The number of piperidine rings is 1. The predicted molar refractivity (Wildman–Crippen MR) is 101 cm³/mol. The molecule has 2 fully saturated rings. The minimum Gasteiger partial charge on any atom is -0.339 e. The van der Waals surface area contributed by atoms with E-state index in [4.69, 9.17) is 0 Å². The van der Waals surface area contributed by atoms with Crippen LogP contribution in [0.15, 0.2) is 10.9 Å². The van der Waals surface area contributed by atoms with Crippen molar-refractivity contribution in [1.82, 2.24) is 34.3 Å².